The quantitative estimate of drug-likeness (QED) is 0.469. The van der Waals surface area contributed by atoms with Gasteiger partial charge in [0.15, 0.2) is 0 Å². The van der Waals surface area contributed by atoms with Crippen LogP contribution in [0.4, 0.5) is 5.69 Å². The highest BCUT2D eigenvalue weighted by atomic mass is 32.2. The van der Waals surface area contributed by atoms with Gasteiger partial charge in [0.25, 0.3) is 0 Å². The van der Waals surface area contributed by atoms with E-state index in [0.717, 1.165) is 6.07 Å². The Kier molecular flexibility index (Phi) is 3.89. The summed E-state index contributed by atoms with van der Waals surface area (Å²) in [6.45, 7) is 4.63. The molecule has 1 rings (SSSR count). The van der Waals surface area contributed by atoms with Crippen LogP contribution >= 0.6 is 0 Å². The molecule has 0 saturated carbocycles. The first kappa shape index (κ1) is 14.7. The highest BCUT2D eigenvalue weighted by molar-refractivity contribution is 7.89. The van der Waals surface area contributed by atoms with Gasteiger partial charge in [-0.1, -0.05) is 0 Å². The number of nitrogens with two attached hydrogens (primary N) is 1. The minimum atomic E-state index is -3.80. The average molecular weight is 274 g/mol. The molecule has 1 atom stereocenters. The lowest BCUT2D eigenvalue weighted by Gasteiger charge is -2.28. The molecule has 0 radical (unpaired) electrons. The molecule has 0 aromatic heterocycles. The number of aromatic hydroxyl groups is 1. The van der Waals surface area contributed by atoms with Gasteiger partial charge in [-0.15, -0.1) is 0 Å². The van der Waals surface area contributed by atoms with Crippen LogP contribution in [0.2, 0.25) is 0 Å². The largest absolute Gasteiger partial charge is 0.506 e. The van der Waals surface area contributed by atoms with Crippen LogP contribution in [-0.2, 0) is 10.0 Å². The van der Waals surface area contributed by atoms with E-state index in [-0.39, 0.29) is 16.3 Å². The maximum absolute atomic E-state index is 12.1. The van der Waals surface area contributed by atoms with Gasteiger partial charge in [0.05, 0.1) is 22.2 Å². The number of sulfonamides is 1. The standard InChI is InChI=1S/C11H18N2O4S/c1-7(14)11(2,3)13-18(16,17)8-4-5-10(15)9(12)6-8/h4-7,13-15H,12H2,1-3H3. The summed E-state index contributed by atoms with van der Waals surface area (Å²) in [6, 6.07) is 3.61. The summed E-state index contributed by atoms with van der Waals surface area (Å²) >= 11 is 0. The average Bonchev–Trinajstić information content (AvgIpc) is 2.20. The van der Waals surface area contributed by atoms with Crippen molar-refractivity contribution in [3.05, 3.63) is 18.2 Å². The van der Waals surface area contributed by atoms with Gasteiger partial charge in [-0.05, 0) is 39.0 Å². The lowest BCUT2D eigenvalue weighted by atomic mass is 10.0. The van der Waals surface area contributed by atoms with E-state index in [2.05, 4.69) is 4.72 Å². The fraction of sp³-hybridized carbons (Fsp3) is 0.455. The molecule has 18 heavy (non-hydrogen) atoms. The van der Waals surface area contributed by atoms with Gasteiger partial charge < -0.3 is 15.9 Å². The molecular weight excluding hydrogens is 256 g/mol. The monoisotopic (exact) mass is 274 g/mol. The summed E-state index contributed by atoms with van der Waals surface area (Å²) in [4.78, 5) is -0.0634. The zero-order chi connectivity index (χ0) is 14.1. The molecule has 0 spiro atoms. The van der Waals surface area contributed by atoms with Crippen molar-refractivity contribution in [1.29, 1.82) is 0 Å². The Balaban J connectivity index is 3.11. The lowest BCUT2D eigenvalue weighted by Crippen LogP contribution is -2.50. The smallest absolute Gasteiger partial charge is 0.241 e. The lowest BCUT2D eigenvalue weighted by molar-refractivity contribution is 0.111. The summed E-state index contributed by atoms with van der Waals surface area (Å²) in [5.74, 6) is -0.177. The highest BCUT2D eigenvalue weighted by Crippen LogP contribution is 2.24. The van der Waals surface area contributed by atoms with E-state index >= 15 is 0 Å². The zero-order valence-corrected chi connectivity index (χ0v) is 11.3. The van der Waals surface area contributed by atoms with Crippen molar-refractivity contribution in [2.24, 2.45) is 0 Å². The molecule has 1 unspecified atom stereocenters. The molecule has 102 valence electrons. The van der Waals surface area contributed by atoms with Gasteiger partial charge in [-0.2, -0.15) is 0 Å². The third kappa shape index (κ3) is 3.12. The Morgan fingerprint density at radius 3 is 2.39 bits per heavy atom. The summed E-state index contributed by atoms with van der Waals surface area (Å²) in [5, 5.41) is 18.7. The van der Waals surface area contributed by atoms with Gasteiger partial charge in [0.1, 0.15) is 5.75 Å². The maximum Gasteiger partial charge on any atom is 0.241 e. The molecular formula is C11H18N2O4S. The number of rotatable bonds is 4. The number of phenolic OH excluding ortho intramolecular Hbond substituents is 1. The molecule has 1 aromatic rings. The second-order valence-corrected chi connectivity index (χ2v) is 6.41. The van der Waals surface area contributed by atoms with Crippen LogP contribution in [0.3, 0.4) is 0 Å². The van der Waals surface area contributed by atoms with E-state index in [1.807, 2.05) is 0 Å². The second-order valence-electron chi connectivity index (χ2n) is 4.72. The predicted molar refractivity (Wildman–Crippen MR) is 68.6 cm³/mol. The van der Waals surface area contributed by atoms with Crippen molar-refractivity contribution in [1.82, 2.24) is 4.72 Å². The molecule has 0 saturated heterocycles. The van der Waals surface area contributed by atoms with E-state index in [1.165, 1.54) is 19.1 Å². The van der Waals surface area contributed by atoms with E-state index in [9.17, 15) is 18.6 Å². The highest BCUT2D eigenvalue weighted by Gasteiger charge is 2.30. The van der Waals surface area contributed by atoms with Crippen molar-refractivity contribution in [3.8, 4) is 5.75 Å². The minimum absolute atomic E-state index is 0.0206. The first-order valence-electron chi connectivity index (χ1n) is 5.37. The van der Waals surface area contributed by atoms with Crippen molar-refractivity contribution in [2.75, 3.05) is 5.73 Å². The number of aliphatic hydroxyl groups is 1. The fourth-order valence-electron chi connectivity index (χ4n) is 1.19. The topological polar surface area (TPSA) is 113 Å². The molecule has 0 aliphatic carbocycles. The van der Waals surface area contributed by atoms with Gasteiger partial charge >= 0.3 is 0 Å². The van der Waals surface area contributed by atoms with E-state index < -0.39 is 21.7 Å². The normalized spacial score (nSPS) is 14.4. The van der Waals surface area contributed by atoms with Crippen molar-refractivity contribution < 1.29 is 18.6 Å². The van der Waals surface area contributed by atoms with E-state index in [0.29, 0.717) is 0 Å². The van der Waals surface area contributed by atoms with Gasteiger partial charge in [-0.3, -0.25) is 0 Å². The van der Waals surface area contributed by atoms with Crippen LogP contribution in [-0.4, -0.2) is 30.3 Å². The molecule has 5 N–H and O–H groups in total. The van der Waals surface area contributed by atoms with Crippen LogP contribution in [0.5, 0.6) is 5.75 Å². The first-order valence-corrected chi connectivity index (χ1v) is 6.85. The van der Waals surface area contributed by atoms with Crippen molar-refractivity contribution >= 4 is 15.7 Å². The zero-order valence-electron chi connectivity index (χ0n) is 10.5. The van der Waals surface area contributed by atoms with Crippen molar-refractivity contribution in [2.45, 2.75) is 37.3 Å². The van der Waals surface area contributed by atoms with Crippen LogP contribution < -0.4 is 10.5 Å². The Bertz CT molecular complexity index is 538. The Morgan fingerprint density at radius 2 is 1.94 bits per heavy atom. The summed E-state index contributed by atoms with van der Waals surface area (Å²) in [5.41, 5.74) is 4.42. The van der Waals surface area contributed by atoms with Gasteiger partial charge in [0.2, 0.25) is 10.0 Å². The first-order chi connectivity index (χ1) is 8.06. The van der Waals surface area contributed by atoms with Crippen LogP contribution in [0.25, 0.3) is 0 Å². The molecule has 0 heterocycles. The predicted octanol–water partition coefficient (Wildman–Crippen LogP) is 0.412. The maximum atomic E-state index is 12.1. The van der Waals surface area contributed by atoms with Crippen LogP contribution in [0, 0.1) is 0 Å². The number of hydrogen-bond acceptors (Lipinski definition) is 5. The molecule has 0 aliphatic heterocycles. The Labute approximate surface area is 106 Å². The van der Waals surface area contributed by atoms with Gasteiger partial charge in [-0.25, -0.2) is 13.1 Å². The number of nitrogen functional groups attached to an aromatic ring is 1. The van der Waals surface area contributed by atoms with Crippen LogP contribution in [0.15, 0.2) is 23.1 Å². The number of aliphatic hydroxyl groups excluding tert-OH is 1. The van der Waals surface area contributed by atoms with Crippen molar-refractivity contribution in [3.63, 3.8) is 0 Å². The number of anilines is 1. The number of hydrogen-bond donors (Lipinski definition) is 4. The SMILES string of the molecule is CC(O)C(C)(C)NS(=O)(=O)c1ccc(O)c(N)c1. The third-order valence-corrected chi connectivity index (χ3v) is 4.42. The fourth-order valence-corrected chi connectivity index (χ4v) is 2.70. The number of phenols is 1. The number of nitrogens with one attached hydrogen (secondary N) is 1. The second kappa shape index (κ2) is 4.75. The Hall–Kier alpha value is -1.31. The molecule has 0 aliphatic rings. The number of benzene rings is 1. The molecule has 1 aromatic carbocycles. The van der Waals surface area contributed by atoms with E-state index in [1.54, 1.807) is 13.8 Å². The molecule has 0 fully saturated rings. The Morgan fingerprint density at radius 1 is 1.39 bits per heavy atom. The van der Waals surface area contributed by atoms with Gasteiger partial charge in [0, 0.05) is 0 Å². The van der Waals surface area contributed by atoms with Crippen LogP contribution in [0.1, 0.15) is 20.8 Å². The summed E-state index contributed by atoms with van der Waals surface area (Å²) < 4.78 is 26.5. The summed E-state index contributed by atoms with van der Waals surface area (Å²) in [6.07, 6.45) is -0.860. The molecule has 6 nitrogen and oxygen atoms in total. The summed E-state index contributed by atoms with van der Waals surface area (Å²) in [7, 11) is -3.80. The third-order valence-electron chi connectivity index (χ3n) is 2.75. The molecule has 7 heteroatoms. The minimum Gasteiger partial charge on any atom is -0.506 e. The molecule has 0 amide bonds. The molecule has 0 bridgehead atoms. The van der Waals surface area contributed by atoms with E-state index in [4.69, 9.17) is 5.73 Å².